The van der Waals surface area contributed by atoms with Gasteiger partial charge in [0.1, 0.15) is 5.82 Å². The monoisotopic (exact) mass is 477 g/mol. The number of sulfonamides is 1. The summed E-state index contributed by atoms with van der Waals surface area (Å²) in [6.07, 6.45) is 2.14. The van der Waals surface area contributed by atoms with Crippen molar-refractivity contribution >= 4 is 39.3 Å². The van der Waals surface area contributed by atoms with E-state index in [1.807, 2.05) is 0 Å². The number of nitrogens with zero attached hydrogens (tertiary/aromatic N) is 1. The van der Waals surface area contributed by atoms with Crippen LogP contribution in [0.25, 0.3) is 0 Å². The molecule has 2 N–H and O–H groups in total. The fraction of sp³-hybridized carbons (Fsp3) is 0.364. The van der Waals surface area contributed by atoms with Crippen molar-refractivity contribution in [3.05, 3.63) is 53.8 Å². The molecule has 0 bridgehead atoms. The molecule has 2 aliphatic heterocycles. The van der Waals surface area contributed by atoms with E-state index >= 15 is 0 Å². The summed E-state index contributed by atoms with van der Waals surface area (Å²) < 4.78 is 41.0. The summed E-state index contributed by atoms with van der Waals surface area (Å²) in [4.78, 5) is 27.8. The Morgan fingerprint density at radius 3 is 2.59 bits per heavy atom. The van der Waals surface area contributed by atoms with Crippen LogP contribution in [-0.4, -0.2) is 44.0 Å². The molecular weight excluding hydrogens is 453 g/mol. The molecule has 2 aliphatic rings. The maximum atomic E-state index is 13.0. The highest BCUT2D eigenvalue weighted by molar-refractivity contribution is 7.99. The lowest BCUT2D eigenvalue weighted by molar-refractivity contribution is -0.133. The molecule has 10 heteroatoms. The summed E-state index contributed by atoms with van der Waals surface area (Å²) in [5.74, 6) is -0.707. The molecule has 7 nitrogen and oxygen atoms in total. The average Bonchev–Trinajstić information content (AvgIpc) is 3.27. The standard InChI is InChI=1S/C22H24FN3O4S2/c23-17-5-3-15(4-6-17)13-24-32(29,30)18-7-8-20-19(12-18)25-22(28)16(14-31-20)11-21(27)26-9-1-2-10-26/h3-8,12,16,24H,1-2,9-11,13-14H2,(H,25,28). The molecule has 2 aromatic rings. The number of amides is 2. The number of rotatable bonds is 6. The maximum absolute atomic E-state index is 13.0. The van der Waals surface area contributed by atoms with E-state index < -0.39 is 21.8 Å². The Morgan fingerprint density at radius 2 is 1.88 bits per heavy atom. The Kier molecular flexibility index (Phi) is 6.82. The van der Waals surface area contributed by atoms with Gasteiger partial charge >= 0.3 is 0 Å². The zero-order valence-corrected chi connectivity index (χ0v) is 19.0. The van der Waals surface area contributed by atoms with Crippen molar-refractivity contribution in [3.63, 3.8) is 0 Å². The number of fused-ring (bicyclic) bond motifs is 1. The van der Waals surface area contributed by atoms with E-state index in [4.69, 9.17) is 0 Å². The largest absolute Gasteiger partial charge is 0.343 e. The maximum Gasteiger partial charge on any atom is 0.240 e. The number of benzene rings is 2. The SMILES string of the molecule is O=C1Nc2cc(S(=O)(=O)NCc3ccc(F)cc3)ccc2SCC1CC(=O)N1CCCC1. The van der Waals surface area contributed by atoms with E-state index in [1.54, 1.807) is 11.0 Å². The summed E-state index contributed by atoms with van der Waals surface area (Å²) in [6.45, 7) is 1.50. The van der Waals surface area contributed by atoms with Crippen LogP contribution in [0, 0.1) is 11.7 Å². The predicted molar refractivity (Wildman–Crippen MR) is 120 cm³/mol. The molecule has 170 valence electrons. The number of carbonyl (C=O) groups is 2. The third kappa shape index (κ3) is 5.31. The number of carbonyl (C=O) groups excluding carboxylic acids is 2. The first-order valence-corrected chi connectivity index (χ1v) is 12.9. The van der Waals surface area contributed by atoms with E-state index in [2.05, 4.69) is 10.0 Å². The first-order chi connectivity index (χ1) is 15.3. The van der Waals surface area contributed by atoms with Gasteiger partial charge in [0, 0.05) is 36.7 Å². The number of hydrogen-bond acceptors (Lipinski definition) is 5. The van der Waals surface area contributed by atoms with Gasteiger partial charge < -0.3 is 10.2 Å². The van der Waals surface area contributed by atoms with Gasteiger partial charge in [-0.05, 0) is 48.7 Å². The Bertz CT molecular complexity index is 1120. The lowest BCUT2D eigenvalue weighted by Crippen LogP contribution is -2.33. The summed E-state index contributed by atoms with van der Waals surface area (Å²) in [5, 5.41) is 2.80. The summed E-state index contributed by atoms with van der Waals surface area (Å²) in [7, 11) is -3.84. The van der Waals surface area contributed by atoms with Crippen LogP contribution >= 0.6 is 11.8 Å². The molecule has 0 spiro atoms. The topological polar surface area (TPSA) is 95.6 Å². The molecule has 1 unspecified atom stereocenters. The summed E-state index contributed by atoms with van der Waals surface area (Å²) in [5.41, 5.74) is 1.04. The third-order valence-corrected chi connectivity index (χ3v) is 8.22. The fourth-order valence-corrected chi connectivity index (χ4v) is 5.85. The zero-order chi connectivity index (χ0) is 22.7. The number of likely N-dealkylation sites (tertiary alicyclic amines) is 1. The van der Waals surface area contributed by atoms with Crippen molar-refractivity contribution < 1.29 is 22.4 Å². The summed E-state index contributed by atoms with van der Waals surface area (Å²) in [6, 6.07) is 10.1. The van der Waals surface area contributed by atoms with Gasteiger partial charge in [0.2, 0.25) is 21.8 Å². The van der Waals surface area contributed by atoms with Gasteiger partial charge in [0.15, 0.2) is 0 Å². The average molecular weight is 478 g/mol. The second kappa shape index (κ2) is 9.60. The van der Waals surface area contributed by atoms with Gasteiger partial charge in [0.05, 0.1) is 16.5 Å². The molecule has 1 atom stereocenters. The Balaban J connectivity index is 1.44. The molecule has 0 saturated carbocycles. The van der Waals surface area contributed by atoms with E-state index in [0.717, 1.165) is 30.8 Å². The highest BCUT2D eigenvalue weighted by atomic mass is 32.2. The molecule has 4 rings (SSSR count). The van der Waals surface area contributed by atoms with Crippen LogP contribution in [0.15, 0.2) is 52.3 Å². The van der Waals surface area contributed by atoms with Crippen LogP contribution in [0.2, 0.25) is 0 Å². The molecule has 2 amide bonds. The second-order valence-corrected chi connectivity index (χ2v) is 10.7. The lowest BCUT2D eigenvalue weighted by atomic mass is 10.1. The smallest absolute Gasteiger partial charge is 0.240 e. The minimum Gasteiger partial charge on any atom is -0.343 e. The Labute approximate surface area is 190 Å². The molecular formula is C22H24FN3O4S2. The number of hydrogen-bond donors (Lipinski definition) is 2. The molecule has 1 saturated heterocycles. The van der Waals surface area contributed by atoms with Crippen molar-refractivity contribution in [1.82, 2.24) is 9.62 Å². The minimum atomic E-state index is -3.84. The molecule has 0 aromatic heterocycles. The molecule has 32 heavy (non-hydrogen) atoms. The normalized spacial score (nSPS) is 18.7. The number of halogens is 1. The number of nitrogens with one attached hydrogen (secondary N) is 2. The molecule has 2 heterocycles. The second-order valence-electron chi connectivity index (χ2n) is 7.90. The highest BCUT2D eigenvalue weighted by Gasteiger charge is 2.29. The highest BCUT2D eigenvalue weighted by Crippen LogP contribution is 2.35. The van der Waals surface area contributed by atoms with Crippen molar-refractivity contribution in [2.75, 3.05) is 24.2 Å². The van der Waals surface area contributed by atoms with Gasteiger partial charge in [-0.25, -0.2) is 17.5 Å². The van der Waals surface area contributed by atoms with Crippen LogP contribution in [-0.2, 0) is 26.2 Å². The van der Waals surface area contributed by atoms with E-state index in [1.165, 1.54) is 48.2 Å². The van der Waals surface area contributed by atoms with Gasteiger partial charge in [-0.15, -0.1) is 11.8 Å². The third-order valence-electron chi connectivity index (χ3n) is 5.59. The lowest BCUT2D eigenvalue weighted by Gasteiger charge is -2.18. The van der Waals surface area contributed by atoms with Gasteiger partial charge in [-0.3, -0.25) is 9.59 Å². The van der Waals surface area contributed by atoms with E-state index in [0.29, 0.717) is 17.0 Å². The molecule has 0 radical (unpaired) electrons. The van der Waals surface area contributed by atoms with Crippen LogP contribution in [0.4, 0.5) is 10.1 Å². The predicted octanol–water partition coefficient (Wildman–Crippen LogP) is 2.98. The van der Waals surface area contributed by atoms with Crippen molar-refractivity contribution in [2.45, 2.75) is 35.6 Å². The van der Waals surface area contributed by atoms with Crippen LogP contribution in [0.5, 0.6) is 0 Å². The van der Waals surface area contributed by atoms with Gasteiger partial charge in [0.25, 0.3) is 0 Å². The van der Waals surface area contributed by atoms with Crippen molar-refractivity contribution in [3.8, 4) is 0 Å². The number of anilines is 1. The Morgan fingerprint density at radius 1 is 1.16 bits per heavy atom. The first kappa shape index (κ1) is 22.8. The van der Waals surface area contributed by atoms with Crippen molar-refractivity contribution in [2.24, 2.45) is 5.92 Å². The molecule has 0 aliphatic carbocycles. The van der Waals surface area contributed by atoms with Crippen LogP contribution < -0.4 is 10.0 Å². The Hall–Kier alpha value is -2.43. The minimum absolute atomic E-state index is 0.0116. The van der Waals surface area contributed by atoms with Crippen LogP contribution in [0.3, 0.4) is 0 Å². The van der Waals surface area contributed by atoms with E-state index in [-0.39, 0.29) is 29.7 Å². The quantitative estimate of drug-likeness (QED) is 0.667. The molecule has 1 fully saturated rings. The van der Waals surface area contributed by atoms with Crippen molar-refractivity contribution in [1.29, 1.82) is 0 Å². The first-order valence-electron chi connectivity index (χ1n) is 10.4. The van der Waals surface area contributed by atoms with Gasteiger partial charge in [-0.1, -0.05) is 12.1 Å². The fourth-order valence-electron chi connectivity index (χ4n) is 3.72. The molecule has 2 aromatic carbocycles. The van der Waals surface area contributed by atoms with E-state index in [9.17, 15) is 22.4 Å². The zero-order valence-electron chi connectivity index (χ0n) is 17.3. The van der Waals surface area contributed by atoms with Gasteiger partial charge in [-0.2, -0.15) is 0 Å². The van der Waals surface area contributed by atoms with Crippen LogP contribution in [0.1, 0.15) is 24.8 Å². The number of thioether (sulfide) groups is 1. The summed E-state index contributed by atoms with van der Waals surface area (Å²) >= 11 is 1.43.